The maximum Gasteiger partial charge on any atom is 0.265 e. The molecule has 2 amide bonds. The van der Waals surface area contributed by atoms with Crippen LogP contribution in [0, 0.1) is 19.7 Å². The van der Waals surface area contributed by atoms with Crippen LogP contribution in [-0.2, 0) is 4.79 Å². The minimum absolute atomic E-state index is 0.0563. The fraction of sp³-hybridized carbons (Fsp3) is 0.292. The predicted molar refractivity (Wildman–Crippen MR) is 124 cm³/mol. The van der Waals surface area contributed by atoms with Crippen LogP contribution >= 0.6 is 11.3 Å². The van der Waals surface area contributed by atoms with Gasteiger partial charge in [-0.3, -0.25) is 14.5 Å². The van der Waals surface area contributed by atoms with E-state index in [1.807, 2.05) is 36.9 Å². The van der Waals surface area contributed by atoms with E-state index in [2.05, 4.69) is 10.3 Å². The van der Waals surface area contributed by atoms with Crippen molar-refractivity contribution in [2.45, 2.75) is 13.8 Å². The third-order valence-electron chi connectivity index (χ3n) is 5.59. The van der Waals surface area contributed by atoms with E-state index in [1.165, 1.54) is 23.6 Å². The number of hydrogen-bond acceptors (Lipinski definition) is 5. The summed E-state index contributed by atoms with van der Waals surface area (Å²) < 4.78 is 14.0. The van der Waals surface area contributed by atoms with Gasteiger partial charge in [0.25, 0.3) is 5.91 Å². The zero-order chi connectivity index (χ0) is 22.7. The van der Waals surface area contributed by atoms with Crippen molar-refractivity contribution in [1.29, 1.82) is 0 Å². The average Bonchev–Trinajstić information content (AvgIpc) is 3.27. The van der Waals surface area contributed by atoms with Crippen LogP contribution in [0.5, 0.6) is 0 Å². The molecular formula is C24H25FN4O2S. The molecule has 0 atom stereocenters. The first-order valence-corrected chi connectivity index (χ1v) is 11.3. The van der Waals surface area contributed by atoms with E-state index in [-0.39, 0.29) is 24.2 Å². The summed E-state index contributed by atoms with van der Waals surface area (Å²) in [6, 6.07) is 12.3. The Hall–Kier alpha value is -3.10. The van der Waals surface area contributed by atoms with Crippen molar-refractivity contribution in [2.75, 3.05) is 38.0 Å². The molecule has 3 aromatic rings. The number of carbonyl (C=O) groups is 2. The molecule has 1 saturated heterocycles. The molecule has 1 aliphatic heterocycles. The van der Waals surface area contributed by atoms with Crippen molar-refractivity contribution in [3.8, 4) is 10.6 Å². The third kappa shape index (κ3) is 4.87. The molecule has 1 aliphatic rings. The van der Waals surface area contributed by atoms with E-state index in [9.17, 15) is 14.0 Å². The molecule has 0 saturated carbocycles. The summed E-state index contributed by atoms with van der Waals surface area (Å²) in [5, 5.41) is 3.50. The van der Waals surface area contributed by atoms with Crippen molar-refractivity contribution >= 4 is 28.8 Å². The lowest BCUT2D eigenvalue weighted by Gasteiger charge is -2.34. The van der Waals surface area contributed by atoms with Crippen LogP contribution in [0.2, 0.25) is 0 Å². The third-order valence-corrected chi connectivity index (χ3v) is 6.61. The molecule has 1 aromatic heterocycles. The number of anilines is 1. The molecule has 1 N–H and O–H groups in total. The van der Waals surface area contributed by atoms with E-state index >= 15 is 0 Å². The van der Waals surface area contributed by atoms with Gasteiger partial charge >= 0.3 is 0 Å². The predicted octanol–water partition coefficient (Wildman–Crippen LogP) is 3.96. The van der Waals surface area contributed by atoms with Gasteiger partial charge < -0.3 is 10.2 Å². The number of carbonyl (C=O) groups excluding carboxylic acids is 2. The number of piperazine rings is 1. The topological polar surface area (TPSA) is 65.5 Å². The van der Waals surface area contributed by atoms with Gasteiger partial charge in [-0.15, -0.1) is 11.3 Å². The summed E-state index contributed by atoms with van der Waals surface area (Å²) in [5.41, 5.74) is 3.33. The van der Waals surface area contributed by atoms with Gasteiger partial charge in [-0.05, 0) is 37.1 Å². The zero-order valence-corrected chi connectivity index (χ0v) is 18.9. The zero-order valence-electron chi connectivity index (χ0n) is 18.1. The lowest BCUT2D eigenvalue weighted by molar-refractivity contribution is -0.117. The quantitative estimate of drug-likeness (QED) is 0.636. The number of aromatic nitrogens is 1. The minimum atomic E-state index is -0.353. The molecule has 0 bridgehead atoms. The Morgan fingerprint density at radius 2 is 1.72 bits per heavy atom. The van der Waals surface area contributed by atoms with Crippen molar-refractivity contribution < 1.29 is 14.0 Å². The molecule has 2 heterocycles. The first kappa shape index (κ1) is 22.1. The minimum Gasteiger partial charge on any atom is -0.335 e. The number of para-hydroxylation sites is 1. The number of halogens is 1. The van der Waals surface area contributed by atoms with Gasteiger partial charge in [0.2, 0.25) is 5.91 Å². The molecule has 0 spiro atoms. The van der Waals surface area contributed by atoms with Crippen molar-refractivity contribution in [3.05, 3.63) is 70.5 Å². The van der Waals surface area contributed by atoms with E-state index < -0.39 is 0 Å². The highest BCUT2D eigenvalue weighted by Crippen LogP contribution is 2.28. The molecule has 1 fully saturated rings. The molecule has 0 radical (unpaired) electrons. The number of nitrogens with one attached hydrogen (secondary N) is 1. The van der Waals surface area contributed by atoms with Crippen LogP contribution in [0.15, 0.2) is 48.7 Å². The molecule has 32 heavy (non-hydrogen) atoms. The molecule has 4 rings (SSSR count). The fourth-order valence-electron chi connectivity index (χ4n) is 3.79. The van der Waals surface area contributed by atoms with Gasteiger partial charge in [0.15, 0.2) is 0 Å². The van der Waals surface area contributed by atoms with Gasteiger partial charge in [0.05, 0.1) is 12.7 Å². The Morgan fingerprint density at radius 1 is 1.03 bits per heavy atom. The van der Waals surface area contributed by atoms with Crippen LogP contribution in [-0.4, -0.2) is 59.3 Å². The summed E-state index contributed by atoms with van der Waals surface area (Å²) in [6.45, 7) is 6.53. The molecular weight excluding hydrogens is 427 g/mol. The number of nitrogens with zero attached hydrogens (tertiary/aromatic N) is 3. The smallest absolute Gasteiger partial charge is 0.265 e. The number of amides is 2. The lowest BCUT2D eigenvalue weighted by Crippen LogP contribution is -2.50. The highest BCUT2D eigenvalue weighted by molar-refractivity contribution is 7.16. The fourth-order valence-corrected chi connectivity index (χ4v) is 4.70. The Bertz CT molecular complexity index is 1120. The van der Waals surface area contributed by atoms with Crippen LogP contribution in [0.1, 0.15) is 20.8 Å². The van der Waals surface area contributed by atoms with E-state index in [0.29, 0.717) is 41.6 Å². The molecule has 0 unspecified atom stereocenters. The SMILES string of the molecule is Cc1cccc(C)c1NC(=O)CN1CCN(C(=O)c2cnc(-c3ccccc3F)s2)CC1. The summed E-state index contributed by atoms with van der Waals surface area (Å²) in [5.74, 6) is -0.516. The highest BCUT2D eigenvalue weighted by Gasteiger charge is 2.25. The summed E-state index contributed by atoms with van der Waals surface area (Å²) >= 11 is 1.20. The van der Waals surface area contributed by atoms with E-state index in [1.54, 1.807) is 23.1 Å². The Morgan fingerprint density at radius 3 is 2.41 bits per heavy atom. The number of aryl methyl sites for hydroxylation is 2. The Kier molecular flexibility index (Phi) is 6.62. The Labute approximate surface area is 190 Å². The summed E-state index contributed by atoms with van der Waals surface area (Å²) in [6.07, 6.45) is 1.51. The second kappa shape index (κ2) is 9.58. The van der Waals surface area contributed by atoms with Gasteiger partial charge in [-0.1, -0.05) is 30.3 Å². The van der Waals surface area contributed by atoms with Crippen LogP contribution < -0.4 is 5.32 Å². The molecule has 2 aromatic carbocycles. The van der Waals surface area contributed by atoms with E-state index in [4.69, 9.17) is 0 Å². The molecule has 0 aliphatic carbocycles. The maximum atomic E-state index is 14.0. The van der Waals surface area contributed by atoms with Crippen LogP contribution in [0.3, 0.4) is 0 Å². The second-order valence-electron chi connectivity index (χ2n) is 7.89. The lowest BCUT2D eigenvalue weighted by atomic mass is 10.1. The number of thiazole rings is 1. The van der Waals surface area contributed by atoms with Gasteiger partial charge in [0, 0.05) is 37.4 Å². The van der Waals surface area contributed by atoms with Crippen LogP contribution in [0.4, 0.5) is 10.1 Å². The highest BCUT2D eigenvalue weighted by atomic mass is 32.1. The largest absolute Gasteiger partial charge is 0.335 e. The average molecular weight is 453 g/mol. The Balaban J connectivity index is 1.31. The number of hydrogen-bond donors (Lipinski definition) is 1. The standard InChI is InChI=1S/C24H25FN4O2S/c1-16-6-5-7-17(2)22(16)27-21(30)15-28-10-12-29(13-11-28)24(31)20-14-26-23(32-20)18-8-3-4-9-19(18)25/h3-9,14H,10-13,15H2,1-2H3,(H,27,30). The first-order valence-electron chi connectivity index (χ1n) is 10.5. The molecule has 6 nitrogen and oxygen atoms in total. The van der Waals surface area contributed by atoms with Crippen molar-refractivity contribution in [3.63, 3.8) is 0 Å². The summed E-state index contributed by atoms with van der Waals surface area (Å²) in [4.78, 5) is 33.9. The molecule has 8 heteroatoms. The second-order valence-corrected chi connectivity index (χ2v) is 8.92. The van der Waals surface area contributed by atoms with Gasteiger partial charge in [-0.25, -0.2) is 9.37 Å². The van der Waals surface area contributed by atoms with Gasteiger partial charge in [-0.2, -0.15) is 0 Å². The first-order chi connectivity index (χ1) is 15.4. The van der Waals surface area contributed by atoms with Crippen molar-refractivity contribution in [2.24, 2.45) is 0 Å². The monoisotopic (exact) mass is 452 g/mol. The van der Waals surface area contributed by atoms with Crippen molar-refractivity contribution in [1.82, 2.24) is 14.8 Å². The number of benzene rings is 2. The van der Waals surface area contributed by atoms with Crippen LogP contribution in [0.25, 0.3) is 10.6 Å². The maximum absolute atomic E-state index is 14.0. The van der Waals surface area contributed by atoms with Gasteiger partial charge in [0.1, 0.15) is 15.7 Å². The molecule has 166 valence electrons. The number of rotatable bonds is 5. The summed E-state index contributed by atoms with van der Waals surface area (Å²) in [7, 11) is 0. The van der Waals surface area contributed by atoms with E-state index in [0.717, 1.165) is 16.8 Å². The normalized spacial score (nSPS) is 14.4.